The van der Waals surface area contributed by atoms with Gasteiger partial charge in [0, 0.05) is 31.6 Å². The summed E-state index contributed by atoms with van der Waals surface area (Å²) in [5, 5.41) is 17.0. The molecule has 2 heterocycles. The van der Waals surface area contributed by atoms with Crippen molar-refractivity contribution in [2.75, 3.05) is 19.8 Å². The Hall–Kier alpha value is -0.910. The van der Waals surface area contributed by atoms with Crippen molar-refractivity contribution in [3.8, 4) is 0 Å². The molecule has 0 spiro atoms. The molecule has 1 aromatic heterocycles. The lowest BCUT2D eigenvalue weighted by molar-refractivity contribution is 0.139. The molecule has 2 atom stereocenters. The van der Waals surface area contributed by atoms with E-state index in [1.807, 2.05) is 12.3 Å². The zero-order valence-electron chi connectivity index (χ0n) is 8.67. The summed E-state index contributed by atoms with van der Waals surface area (Å²) in [7, 11) is 0. The Morgan fingerprint density at radius 1 is 1.67 bits per heavy atom. The summed E-state index contributed by atoms with van der Waals surface area (Å²) in [6, 6.07) is 2.25. The number of hydrogen-bond acceptors (Lipinski definition) is 4. The van der Waals surface area contributed by atoms with Gasteiger partial charge in [0.25, 0.3) is 0 Å². The molecule has 1 aliphatic heterocycles. The quantitative estimate of drug-likeness (QED) is 0.697. The monoisotopic (exact) mass is 211 g/mol. The molecule has 5 heteroatoms. The SMILES string of the molecule is OC(CNC1CCOC1)Cn1cccn1. The highest BCUT2D eigenvalue weighted by Gasteiger charge is 2.16. The van der Waals surface area contributed by atoms with Crippen LogP contribution in [-0.2, 0) is 11.3 Å². The molecule has 0 aliphatic carbocycles. The normalized spacial score (nSPS) is 23.1. The molecule has 5 nitrogen and oxygen atoms in total. The topological polar surface area (TPSA) is 59.3 Å². The van der Waals surface area contributed by atoms with Gasteiger partial charge in [-0.1, -0.05) is 0 Å². The van der Waals surface area contributed by atoms with Gasteiger partial charge in [-0.25, -0.2) is 0 Å². The van der Waals surface area contributed by atoms with Crippen molar-refractivity contribution in [2.45, 2.75) is 25.1 Å². The molecular weight excluding hydrogens is 194 g/mol. The van der Waals surface area contributed by atoms with Gasteiger partial charge in [0.1, 0.15) is 0 Å². The maximum absolute atomic E-state index is 9.72. The fourth-order valence-corrected chi connectivity index (χ4v) is 1.69. The van der Waals surface area contributed by atoms with Crippen LogP contribution < -0.4 is 5.32 Å². The van der Waals surface area contributed by atoms with Gasteiger partial charge in [0.2, 0.25) is 0 Å². The van der Waals surface area contributed by atoms with Gasteiger partial charge in [-0.3, -0.25) is 4.68 Å². The highest BCUT2D eigenvalue weighted by Crippen LogP contribution is 2.03. The number of ether oxygens (including phenoxy) is 1. The molecule has 15 heavy (non-hydrogen) atoms. The lowest BCUT2D eigenvalue weighted by Crippen LogP contribution is -2.37. The van der Waals surface area contributed by atoms with E-state index in [1.54, 1.807) is 10.9 Å². The van der Waals surface area contributed by atoms with Crippen LogP contribution in [0.15, 0.2) is 18.5 Å². The first-order chi connectivity index (χ1) is 7.34. The molecular formula is C10H17N3O2. The third-order valence-corrected chi connectivity index (χ3v) is 2.53. The van der Waals surface area contributed by atoms with Crippen molar-refractivity contribution in [3.05, 3.63) is 18.5 Å². The van der Waals surface area contributed by atoms with E-state index in [-0.39, 0.29) is 0 Å². The lowest BCUT2D eigenvalue weighted by atomic mass is 10.2. The van der Waals surface area contributed by atoms with Crippen LogP contribution in [0.25, 0.3) is 0 Å². The highest BCUT2D eigenvalue weighted by molar-refractivity contribution is 4.79. The van der Waals surface area contributed by atoms with Crippen molar-refractivity contribution in [1.29, 1.82) is 0 Å². The van der Waals surface area contributed by atoms with Crippen LogP contribution in [0.1, 0.15) is 6.42 Å². The van der Waals surface area contributed by atoms with Gasteiger partial charge in [0.15, 0.2) is 0 Å². The standard InChI is InChI=1S/C10H17N3O2/c14-10(7-13-4-1-3-12-13)6-11-9-2-5-15-8-9/h1,3-4,9-11,14H,2,5-8H2. The predicted octanol–water partition coefficient (Wildman–Crippen LogP) is -0.377. The lowest BCUT2D eigenvalue weighted by Gasteiger charge is -2.15. The second kappa shape index (κ2) is 5.25. The van der Waals surface area contributed by atoms with E-state index in [1.165, 1.54) is 0 Å². The third-order valence-electron chi connectivity index (χ3n) is 2.53. The number of aliphatic hydroxyl groups is 1. The fraction of sp³-hybridized carbons (Fsp3) is 0.700. The van der Waals surface area contributed by atoms with Crippen molar-refractivity contribution in [1.82, 2.24) is 15.1 Å². The first-order valence-electron chi connectivity index (χ1n) is 5.31. The molecule has 1 aliphatic rings. The molecule has 0 saturated carbocycles. The number of nitrogens with zero attached hydrogens (tertiary/aromatic N) is 2. The summed E-state index contributed by atoms with van der Waals surface area (Å²) < 4.78 is 6.97. The van der Waals surface area contributed by atoms with E-state index in [9.17, 15) is 5.11 Å². The molecule has 1 fully saturated rings. The summed E-state index contributed by atoms with van der Waals surface area (Å²) in [6.07, 6.45) is 4.20. The third kappa shape index (κ3) is 3.30. The number of hydrogen-bond donors (Lipinski definition) is 2. The Balaban J connectivity index is 1.66. The predicted molar refractivity (Wildman–Crippen MR) is 55.5 cm³/mol. The molecule has 2 unspecified atom stereocenters. The van der Waals surface area contributed by atoms with Gasteiger partial charge in [0.05, 0.1) is 19.3 Å². The molecule has 84 valence electrons. The molecule has 1 saturated heterocycles. The molecule has 0 amide bonds. The average molecular weight is 211 g/mol. The van der Waals surface area contributed by atoms with Crippen LogP contribution in [-0.4, -0.2) is 46.8 Å². The average Bonchev–Trinajstić information content (AvgIpc) is 2.86. The van der Waals surface area contributed by atoms with Crippen LogP contribution in [0.2, 0.25) is 0 Å². The van der Waals surface area contributed by atoms with E-state index in [0.717, 1.165) is 19.6 Å². The first-order valence-corrected chi connectivity index (χ1v) is 5.31. The van der Waals surface area contributed by atoms with Gasteiger partial charge >= 0.3 is 0 Å². The molecule has 1 aromatic rings. The second-order valence-corrected chi connectivity index (χ2v) is 3.85. The number of nitrogens with one attached hydrogen (secondary N) is 1. The van der Waals surface area contributed by atoms with Gasteiger partial charge in [-0.2, -0.15) is 5.10 Å². The summed E-state index contributed by atoms with van der Waals surface area (Å²) in [4.78, 5) is 0. The summed E-state index contributed by atoms with van der Waals surface area (Å²) in [6.45, 7) is 2.71. The number of aliphatic hydroxyl groups excluding tert-OH is 1. The van der Waals surface area contributed by atoms with Crippen LogP contribution in [0.5, 0.6) is 0 Å². The number of rotatable bonds is 5. The first kappa shape index (κ1) is 10.6. The fourth-order valence-electron chi connectivity index (χ4n) is 1.69. The Morgan fingerprint density at radius 2 is 2.60 bits per heavy atom. The zero-order chi connectivity index (χ0) is 10.5. The minimum atomic E-state index is -0.398. The molecule has 2 rings (SSSR count). The highest BCUT2D eigenvalue weighted by atomic mass is 16.5. The smallest absolute Gasteiger partial charge is 0.0860 e. The minimum Gasteiger partial charge on any atom is -0.390 e. The van der Waals surface area contributed by atoms with Crippen molar-refractivity contribution >= 4 is 0 Å². The van der Waals surface area contributed by atoms with Crippen LogP contribution in [0.3, 0.4) is 0 Å². The van der Waals surface area contributed by atoms with E-state index < -0.39 is 6.10 Å². The zero-order valence-corrected chi connectivity index (χ0v) is 8.67. The minimum absolute atomic E-state index is 0.398. The Morgan fingerprint density at radius 3 is 3.27 bits per heavy atom. The van der Waals surface area contributed by atoms with Crippen molar-refractivity contribution in [2.24, 2.45) is 0 Å². The van der Waals surface area contributed by atoms with Gasteiger partial charge < -0.3 is 15.2 Å². The van der Waals surface area contributed by atoms with Crippen molar-refractivity contribution < 1.29 is 9.84 Å². The van der Waals surface area contributed by atoms with E-state index in [2.05, 4.69) is 10.4 Å². The maximum Gasteiger partial charge on any atom is 0.0860 e. The van der Waals surface area contributed by atoms with E-state index >= 15 is 0 Å². The second-order valence-electron chi connectivity index (χ2n) is 3.85. The van der Waals surface area contributed by atoms with Crippen LogP contribution in [0, 0.1) is 0 Å². The summed E-state index contributed by atoms with van der Waals surface area (Å²) in [5.74, 6) is 0. The van der Waals surface area contributed by atoms with E-state index in [0.29, 0.717) is 19.1 Å². The summed E-state index contributed by atoms with van der Waals surface area (Å²) >= 11 is 0. The van der Waals surface area contributed by atoms with Crippen LogP contribution in [0.4, 0.5) is 0 Å². The molecule has 2 N–H and O–H groups in total. The molecule has 0 aromatic carbocycles. The largest absolute Gasteiger partial charge is 0.390 e. The number of aromatic nitrogens is 2. The van der Waals surface area contributed by atoms with Crippen molar-refractivity contribution in [3.63, 3.8) is 0 Å². The Bertz CT molecular complexity index is 270. The molecule has 0 bridgehead atoms. The van der Waals surface area contributed by atoms with E-state index in [4.69, 9.17) is 4.74 Å². The Kier molecular flexibility index (Phi) is 3.71. The Labute approximate surface area is 89.0 Å². The van der Waals surface area contributed by atoms with Gasteiger partial charge in [-0.05, 0) is 12.5 Å². The molecule has 0 radical (unpaired) electrons. The van der Waals surface area contributed by atoms with Gasteiger partial charge in [-0.15, -0.1) is 0 Å². The van der Waals surface area contributed by atoms with Crippen LogP contribution >= 0.6 is 0 Å². The summed E-state index contributed by atoms with van der Waals surface area (Å²) in [5.41, 5.74) is 0. The maximum atomic E-state index is 9.72.